The van der Waals surface area contributed by atoms with E-state index in [4.69, 9.17) is 9.72 Å². The summed E-state index contributed by atoms with van der Waals surface area (Å²) >= 11 is 3.44. The zero-order valence-corrected chi connectivity index (χ0v) is 22.3. The summed E-state index contributed by atoms with van der Waals surface area (Å²) in [7, 11) is 3.90. The van der Waals surface area contributed by atoms with Crippen molar-refractivity contribution < 1.29 is 9.13 Å². The van der Waals surface area contributed by atoms with Gasteiger partial charge in [0, 0.05) is 41.8 Å². The molecule has 0 amide bonds. The summed E-state index contributed by atoms with van der Waals surface area (Å²) in [6.07, 6.45) is 2.44. The maximum absolute atomic E-state index is 13.4. The Balaban J connectivity index is 1.76. The average Bonchev–Trinajstić information content (AvgIpc) is 2.87. The Hall–Kier alpha value is -3.52. The molecule has 0 fully saturated rings. The van der Waals surface area contributed by atoms with Gasteiger partial charge in [-0.15, -0.1) is 0 Å². The Labute approximate surface area is 218 Å². The lowest BCUT2D eigenvalue weighted by atomic mass is 10.1. The molecule has 4 rings (SSSR count). The molecule has 36 heavy (non-hydrogen) atoms. The van der Waals surface area contributed by atoms with Gasteiger partial charge < -0.3 is 9.64 Å². The standard InChI is InChI=1S/C28H28BrFN4O2/c1-5-18(2)27-32-25-13-9-21(29)14-24(25)28(35)34(27)31-16-20-8-12-23(33(3)4)15-26(20)36-17-19-6-10-22(30)11-7-19/h6-16,18H,5,17H2,1-4H3/t18-/m0/s1. The molecule has 0 saturated carbocycles. The number of ether oxygens (including phenoxy) is 1. The SMILES string of the molecule is CC[C@H](C)c1nc2ccc(Br)cc2c(=O)n1N=Cc1ccc(N(C)C)cc1OCc1ccc(F)cc1. The van der Waals surface area contributed by atoms with E-state index in [0.717, 1.165) is 22.1 Å². The third-order valence-electron chi connectivity index (χ3n) is 6.02. The van der Waals surface area contributed by atoms with Crippen LogP contribution in [0.1, 0.15) is 43.1 Å². The zero-order valence-electron chi connectivity index (χ0n) is 20.7. The number of rotatable bonds is 8. The quantitative estimate of drug-likeness (QED) is 0.240. The Morgan fingerprint density at radius 3 is 2.58 bits per heavy atom. The lowest BCUT2D eigenvalue weighted by Crippen LogP contribution is -2.23. The number of nitrogens with zero attached hydrogens (tertiary/aromatic N) is 4. The molecule has 1 heterocycles. The molecule has 0 bridgehead atoms. The molecule has 186 valence electrons. The molecule has 8 heteroatoms. The van der Waals surface area contributed by atoms with Gasteiger partial charge in [-0.05, 0) is 54.4 Å². The third kappa shape index (κ3) is 5.65. The minimum atomic E-state index is -0.292. The van der Waals surface area contributed by atoms with E-state index in [9.17, 15) is 9.18 Å². The predicted molar refractivity (Wildman–Crippen MR) is 147 cm³/mol. The highest BCUT2D eigenvalue weighted by atomic mass is 79.9. The van der Waals surface area contributed by atoms with Crippen molar-refractivity contribution in [1.82, 2.24) is 9.66 Å². The van der Waals surface area contributed by atoms with Crippen LogP contribution < -0.4 is 15.2 Å². The van der Waals surface area contributed by atoms with E-state index < -0.39 is 0 Å². The van der Waals surface area contributed by atoms with Crippen molar-refractivity contribution >= 4 is 38.7 Å². The highest BCUT2D eigenvalue weighted by Crippen LogP contribution is 2.26. The highest BCUT2D eigenvalue weighted by Gasteiger charge is 2.16. The zero-order chi connectivity index (χ0) is 25.8. The maximum atomic E-state index is 13.4. The fourth-order valence-corrected chi connectivity index (χ4v) is 4.03. The van der Waals surface area contributed by atoms with Gasteiger partial charge in [0.05, 0.1) is 17.1 Å². The van der Waals surface area contributed by atoms with Crippen molar-refractivity contribution in [1.29, 1.82) is 0 Å². The summed E-state index contributed by atoms with van der Waals surface area (Å²) in [5, 5.41) is 5.07. The van der Waals surface area contributed by atoms with Crippen LogP contribution in [0.2, 0.25) is 0 Å². The van der Waals surface area contributed by atoms with Gasteiger partial charge in [-0.1, -0.05) is 41.9 Å². The topological polar surface area (TPSA) is 59.7 Å². The van der Waals surface area contributed by atoms with Gasteiger partial charge in [0.1, 0.15) is 24.0 Å². The van der Waals surface area contributed by atoms with Crippen molar-refractivity contribution in [2.24, 2.45) is 5.10 Å². The number of halogens is 2. The van der Waals surface area contributed by atoms with E-state index in [1.165, 1.54) is 16.8 Å². The molecule has 1 aromatic heterocycles. The first-order chi connectivity index (χ1) is 17.3. The van der Waals surface area contributed by atoms with Gasteiger partial charge in [-0.2, -0.15) is 9.78 Å². The van der Waals surface area contributed by atoms with Gasteiger partial charge in [0.2, 0.25) is 0 Å². The molecular formula is C28H28BrFN4O2. The Kier molecular flexibility index (Phi) is 7.84. The molecule has 3 aromatic carbocycles. The van der Waals surface area contributed by atoms with Gasteiger partial charge >= 0.3 is 0 Å². The second-order valence-electron chi connectivity index (χ2n) is 8.83. The molecule has 0 unspecified atom stereocenters. The van der Waals surface area contributed by atoms with E-state index in [1.807, 2.05) is 56.3 Å². The second kappa shape index (κ2) is 11.0. The van der Waals surface area contributed by atoms with Crippen molar-refractivity contribution in [2.45, 2.75) is 32.8 Å². The lowest BCUT2D eigenvalue weighted by molar-refractivity contribution is 0.305. The van der Waals surface area contributed by atoms with Crippen LogP contribution in [0, 0.1) is 5.82 Å². The molecule has 0 N–H and O–H groups in total. The number of hydrogen-bond acceptors (Lipinski definition) is 5. The van der Waals surface area contributed by atoms with E-state index in [1.54, 1.807) is 24.4 Å². The van der Waals surface area contributed by atoms with Crippen molar-refractivity contribution in [2.75, 3.05) is 19.0 Å². The van der Waals surface area contributed by atoms with Crippen LogP contribution in [0.3, 0.4) is 0 Å². The van der Waals surface area contributed by atoms with Crippen LogP contribution >= 0.6 is 15.9 Å². The minimum absolute atomic E-state index is 0.0354. The summed E-state index contributed by atoms with van der Waals surface area (Å²) in [6.45, 7) is 4.35. The molecule has 1 atom stereocenters. The fourth-order valence-electron chi connectivity index (χ4n) is 3.67. The van der Waals surface area contributed by atoms with Crippen molar-refractivity contribution in [3.05, 3.63) is 98.3 Å². The lowest BCUT2D eigenvalue weighted by Gasteiger charge is -2.17. The summed E-state index contributed by atoms with van der Waals surface area (Å²) in [6, 6.07) is 17.4. The number of hydrogen-bond donors (Lipinski definition) is 0. The molecule has 0 aliphatic rings. The number of anilines is 1. The van der Waals surface area contributed by atoms with E-state index in [-0.39, 0.29) is 23.9 Å². The predicted octanol–water partition coefficient (Wildman–Crippen LogP) is 6.34. The van der Waals surface area contributed by atoms with Gasteiger partial charge in [-0.25, -0.2) is 9.37 Å². The van der Waals surface area contributed by atoms with E-state index >= 15 is 0 Å². The molecule has 6 nitrogen and oxygen atoms in total. The summed E-state index contributed by atoms with van der Waals surface area (Å²) in [4.78, 5) is 20.2. The average molecular weight is 551 g/mol. The van der Waals surface area contributed by atoms with Gasteiger partial charge in [0.25, 0.3) is 5.56 Å². The normalized spacial score (nSPS) is 12.3. The Morgan fingerprint density at radius 1 is 1.14 bits per heavy atom. The molecule has 0 aliphatic heterocycles. The Bertz CT molecular complexity index is 1470. The van der Waals surface area contributed by atoms with Crippen molar-refractivity contribution in [3.63, 3.8) is 0 Å². The molecule has 0 spiro atoms. The second-order valence-corrected chi connectivity index (χ2v) is 9.75. The Morgan fingerprint density at radius 2 is 1.89 bits per heavy atom. The largest absolute Gasteiger partial charge is 0.488 e. The first-order valence-corrected chi connectivity index (χ1v) is 12.5. The van der Waals surface area contributed by atoms with Crippen LogP contribution in [0.5, 0.6) is 5.75 Å². The number of aromatic nitrogens is 2. The minimum Gasteiger partial charge on any atom is -0.488 e. The summed E-state index contributed by atoms with van der Waals surface area (Å²) < 4.78 is 21.6. The van der Waals surface area contributed by atoms with Crippen molar-refractivity contribution in [3.8, 4) is 5.75 Å². The maximum Gasteiger partial charge on any atom is 0.282 e. The van der Waals surface area contributed by atoms with Gasteiger partial charge in [-0.3, -0.25) is 4.79 Å². The summed E-state index contributed by atoms with van der Waals surface area (Å²) in [5.74, 6) is 0.948. The molecule has 0 saturated heterocycles. The van der Waals surface area contributed by atoms with Crippen LogP contribution in [0.15, 0.2) is 75.0 Å². The third-order valence-corrected chi connectivity index (χ3v) is 6.51. The van der Waals surface area contributed by atoms with Crippen LogP contribution in [-0.2, 0) is 6.61 Å². The highest BCUT2D eigenvalue weighted by molar-refractivity contribution is 9.10. The van der Waals surface area contributed by atoms with E-state index in [2.05, 4.69) is 28.0 Å². The fraction of sp³-hybridized carbons (Fsp3) is 0.250. The summed E-state index contributed by atoms with van der Waals surface area (Å²) in [5.41, 5.74) is 2.92. The van der Waals surface area contributed by atoms with Gasteiger partial charge in [0.15, 0.2) is 0 Å². The van der Waals surface area contributed by atoms with E-state index in [0.29, 0.717) is 28.0 Å². The first-order valence-electron chi connectivity index (χ1n) is 11.7. The number of fused-ring (bicyclic) bond motifs is 1. The van der Waals surface area contributed by atoms with Crippen LogP contribution in [0.25, 0.3) is 10.9 Å². The molecular weight excluding hydrogens is 523 g/mol. The number of benzene rings is 3. The van der Waals surface area contributed by atoms with Crippen LogP contribution in [-0.4, -0.2) is 30.0 Å². The molecule has 0 aliphatic carbocycles. The first kappa shape index (κ1) is 25.6. The molecule has 4 aromatic rings. The monoisotopic (exact) mass is 550 g/mol. The van der Waals surface area contributed by atoms with Crippen LogP contribution in [0.4, 0.5) is 10.1 Å². The smallest absolute Gasteiger partial charge is 0.282 e. The molecule has 0 radical (unpaired) electrons.